The molecule has 21 heavy (non-hydrogen) atoms. The topological polar surface area (TPSA) is 47.0 Å². The Hall–Kier alpha value is -1.81. The third kappa shape index (κ3) is 4.90. The van der Waals surface area contributed by atoms with Crippen molar-refractivity contribution in [2.24, 2.45) is 0 Å². The maximum absolute atomic E-state index is 5.97. The summed E-state index contributed by atoms with van der Waals surface area (Å²) >= 11 is 5.97. The van der Waals surface area contributed by atoms with Crippen molar-refractivity contribution in [3.8, 4) is 5.88 Å². The van der Waals surface area contributed by atoms with E-state index in [-0.39, 0.29) is 0 Å². The van der Waals surface area contributed by atoms with Gasteiger partial charge in [0.1, 0.15) is 18.2 Å². The predicted molar refractivity (Wildman–Crippen MR) is 86.0 cm³/mol. The second kappa shape index (κ2) is 7.84. The van der Waals surface area contributed by atoms with E-state index in [4.69, 9.17) is 16.3 Å². The average molecular weight is 306 g/mol. The highest BCUT2D eigenvalue weighted by atomic mass is 35.5. The van der Waals surface area contributed by atoms with Crippen LogP contribution >= 0.6 is 11.6 Å². The molecule has 4 nitrogen and oxygen atoms in total. The fourth-order valence-electron chi connectivity index (χ4n) is 1.83. The van der Waals surface area contributed by atoms with Gasteiger partial charge in [0.05, 0.1) is 0 Å². The van der Waals surface area contributed by atoms with Gasteiger partial charge in [-0.2, -0.15) is 4.98 Å². The van der Waals surface area contributed by atoms with Crippen LogP contribution in [0.15, 0.2) is 30.3 Å². The van der Waals surface area contributed by atoms with Gasteiger partial charge >= 0.3 is 0 Å². The van der Waals surface area contributed by atoms with E-state index in [0.29, 0.717) is 17.5 Å². The number of hydrogen-bond acceptors (Lipinski definition) is 4. The van der Waals surface area contributed by atoms with Crippen LogP contribution in [0.5, 0.6) is 5.88 Å². The van der Waals surface area contributed by atoms with E-state index in [1.54, 1.807) is 0 Å². The number of nitrogens with one attached hydrogen (secondary N) is 1. The fraction of sp³-hybridized carbons (Fsp3) is 0.375. The predicted octanol–water partition coefficient (Wildman–Crippen LogP) is 4.09. The third-order valence-electron chi connectivity index (χ3n) is 2.90. The van der Waals surface area contributed by atoms with E-state index in [2.05, 4.69) is 22.2 Å². The normalized spacial score (nSPS) is 10.4. The quantitative estimate of drug-likeness (QED) is 0.837. The fourth-order valence-corrected chi connectivity index (χ4v) is 2.05. The van der Waals surface area contributed by atoms with Crippen LogP contribution in [0.25, 0.3) is 0 Å². The summed E-state index contributed by atoms with van der Waals surface area (Å²) in [4.78, 5) is 8.83. The lowest BCUT2D eigenvalue weighted by molar-refractivity contribution is 0.292. The summed E-state index contributed by atoms with van der Waals surface area (Å²) in [6.45, 7) is 5.47. The monoisotopic (exact) mass is 305 g/mol. The largest absolute Gasteiger partial charge is 0.473 e. The molecule has 0 aliphatic carbocycles. The van der Waals surface area contributed by atoms with Crippen molar-refractivity contribution in [2.75, 3.05) is 11.9 Å². The Morgan fingerprint density at radius 3 is 2.76 bits per heavy atom. The molecule has 0 fully saturated rings. The molecule has 0 bridgehead atoms. The summed E-state index contributed by atoms with van der Waals surface area (Å²) in [5, 5.41) is 3.97. The molecule has 0 amide bonds. The molecule has 1 heterocycles. The highest BCUT2D eigenvalue weighted by molar-refractivity contribution is 6.30. The second-order valence-corrected chi connectivity index (χ2v) is 5.14. The zero-order valence-electron chi connectivity index (χ0n) is 12.4. The number of aryl methyl sites for hydroxylation is 1. The molecule has 0 saturated carbocycles. The Labute approximate surface area is 130 Å². The number of ether oxygens (including phenoxy) is 1. The molecular weight excluding hydrogens is 286 g/mol. The summed E-state index contributed by atoms with van der Waals surface area (Å²) in [5.41, 5.74) is 1.02. The first-order valence-electron chi connectivity index (χ1n) is 7.20. The van der Waals surface area contributed by atoms with E-state index in [0.717, 1.165) is 36.6 Å². The summed E-state index contributed by atoms with van der Waals surface area (Å²) < 4.78 is 5.76. The summed E-state index contributed by atoms with van der Waals surface area (Å²) in [6.07, 6.45) is 1.82. The van der Waals surface area contributed by atoms with E-state index in [1.165, 1.54) is 0 Å². The molecule has 0 unspecified atom stereocenters. The number of nitrogens with zero attached hydrogens (tertiary/aromatic N) is 2. The average Bonchev–Trinajstić information content (AvgIpc) is 2.51. The van der Waals surface area contributed by atoms with Gasteiger partial charge in [0.15, 0.2) is 0 Å². The van der Waals surface area contributed by atoms with E-state index >= 15 is 0 Å². The van der Waals surface area contributed by atoms with E-state index in [1.807, 2.05) is 37.3 Å². The Balaban J connectivity index is 2.07. The molecule has 0 aliphatic heterocycles. The SMILES string of the molecule is CCCNc1cc(OCc2cccc(Cl)c2)nc(CC)n1. The molecule has 0 aliphatic rings. The molecule has 112 valence electrons. The van der Waals surface area contributed by atoms with Crippen LogP contribution in [0.2, 0.25) is 5.02 Å². The summed E-state index contributed by atoms with van der Waals surface area (Å²) in [6, 6.07) is 9.45. The van der Waals surface area contributed by atoms with Gasteiger partial charge in [-0.15, -0.1) is 0 Å². The van der Waals surface area contributed by atoms with Crippen LogP contribution in [-0.2, 0) is 13.0 Å². The maximum Gasteiger partial charge on any atom is 0.219 e. The van der Waals surface area contributed by atoms with Crippen molar-refractivity contribution in [1.82, 2.24) is 9.97 Å². The molecule has 1 aromatic heterocycles. The highest BCUT2D eigenvalue weighted by Gasteiger charge is 2.05. The Bertz CT molecular complexity index is 589. The van der Waals surface area contributed by atoms with Crippen LogP contribution in [0.1, 0.15) is 31.7 Å². The van der Waals surface area contributed by atoms with Crippen LogP contribution in [0, 0.1) is 0 Å². The van der Waals surface area contributed by atoms with Crippen molar-refractivity contribution in [2.45, 2.75) is 33.3 Å². The van der Waals surface area contributed by atoms with Crippen molar-refractivity contribution in [1.29, 1.82) is 0 Å². The maximum atomic E-state index is 5.97. The second-order valence-electron chi connectivity index (χ2n) is 4.71. The molecule has 2 aromatic rings. The number of hydrogen-bond donors (Lipinski definition) is 1. The molecular formula is C16H20ClN3O. The van der Waals surface area contributed by atoms with Crippen molar-refractivity contribution in [3.63, 3.8) is 0 Å². The lowest BCUT2D eigenvalue weighted by Gasteiger charge is -2.10. The first-order valence-corrected chi connectivity index (χ1v) is 7.58. The van der Waals surface area contributed by atoms with Gasteiger partial charge in [0, 0.05) is 24.1 Å². The lowest BCUT2D eigenvalue weighted by Crippen LogP contribution is -2.07. The van der Waals surface area contributed by atoms with Gasteiger partial charge in [-0.3, -0.25) is 0 Å². The zero-order chi connectivity index (χ0) is 15.1. The Morgan fingerprint density at radius 2 is 2.05 bits per heavy atom. The first-order chi connectivity index (χ1) is 10.2. The molecule has 0 saturated heterocycles. The van der Waals surface area contributed by atoms with Crippen molar-refractivity contribution >= 4 is 17.4 Å². The van der Waals surface area contributed by atoms with Gasteiger partial charge in [0.25, 0.3) is 0 Å². The Kier molecular flexibility index (Phi) is 5.81. The smallest absolute Gasteiger partial charge is 0.219 e. The van der Waals surface area contributed by atoms with Crippen LogP contribution in [0.3, 0.4) is 0 Å². The number of halogens is 1. The van der Waals surface area contributed by atoms with Crippen molar-refractivity contribution < 1.29 is 4.74 Å². The van der Waals surface area contributed by atoms with Gasteiger partial charge in [-0.05, 0) is 24.1 Å². The van der Waals surface area contributed by atoms with Gasteiger partial charge < -0.3 is 10.1 Å². The minimum atomic E-state index is 0.438. The number of benzene rings is 1. The van der Waals surface area contributed by atoms with Crippen molar-refractivity contribution in [3.05, 3.63) is 46.7 Å². The molecule has 1 aromatic carbocycles. The minimum absolute atomic E-state index is 0.438. The van der Waals surface area contributed by atoms with Crippen LogP contribution < -0.4 is 10.1 Å². The minimum Gasteiger partial charge on any atom is -0.473 e. The summed E-state index contributed by atoms with van der Waals surface area (Å²) in [5.74, 6) is 2.17. The number of aromatic nitrogens is 2. The molecule has 1 N–H and O–H groups in total. The summed E-state index contributed by atoms with van der Waals surface area (Å²) in [7, 11) is 0. The standard InChI is InChI=1S/C16H20ClN3O/c1-3-8-18-15-10-16(20-14(4-2)19-15)21-11-12-6-5-7-13(17)9-12/h5-7,9-10H,3-4,8,11H2,1-2H3,(H,18,19,20). The first kappa shape index (κ1) is 15.6. The van der Waals surface area contributed by atoms with E-state index in [9.17, 15) is 0 Å². The molecule has 0 radical (unpaired) electrons. The zero-order valence-corrected chi connectivity index (χ0v) is 13.2. The number of anilines is 1. The Morgan fingerprint density at radius 1 is 1.19 bits per heavy atom. The molecule has 0 spiro atoms. The highest BCUT2D eigenvalue weighted by Crippen LogP contribution is 2.17. The van der Waals surface area contributed by atoms with Gasteiger partial charge in [-0.25, -0.2) is 4.98 Å². The van der Waals surface area contributed by atoms with Crippen LogP contribution in [-0.4, -0.2) is 16.5 Å². The van der Waals surface area contributed by atoms with Crippen LogP contribution in [0.4, 0.5) is 5.82 Å². The lowest BCUT2D eigenvalue weighted by atomic mass is 10.2. The van der Waals surface area contributed by atoms with Gasteiger partial charge in [0.2, 0.25) is 5.88 Å². The van der Waals surface area contributed by atoms with Gasteiger partial charge in [-0.1, -0.05) is 37.6 Å². The molecule has 0 atom stereocenters. The molecule has 2 rings (SSSR count). The number of rotatable bonds is 7. The molecule has 5 heteroatoms. The third-order valence-corrected chi connectivity index (χ3v) is 3.13. The van der Waals surface area contributed by atoms with E-state index < -0.39 is 0 Å².